The first kappa shape index (κ1) is 16.5. The van der Waals surface area contributed by atoms with E-state index in [1.807, 2.05) is 55.5 Å². The first-order chi connectivity index (χ1) is 11.7. The van der Waals surface area contributed by atoms with Gasteiger partial charge in [0.05, 0.1) is 12.7 Å². The minimum absolute atomic E-state index is 0.0863. The Morgan fingerprint density at radius 3 is 2.58 bits per heavy atom. The van der Waals surface area contributed by atoms with Crippen LogP contribution < -0.4 is 16.0 Å². The molecule has 0 aromatic heterocycles. The quantitative estimate of drug-likeness (QED) is 0.810. The summed E-state index contributed by atoms with van der Waals surface area (Å²) < 4.78 is 5.72. The second-order valence-electron chi connectivity index (χ2n) is 5.98. The van der Waals surface area contributed by atoms with Crippen LogP contribution in [-0.4, -0.2) is 25.7 Å². The van der Waals surface area contributed by atoms with Crippen LogP contribution in [0.4, 0.5) is 10.5 Å². The van der Waals surface area contributed by atoms with Gasteiger partial charge in [-0.25, -0.2) is 4.79 Å². The molecule has 1 atom stereocenters. The molecule has 5 nitrogen and oxygen atoms in total. The van der Waals surface area contributed by atoms with Crippen molar-refractivity contribution in [3.8, 4) is 0 Å². The van der Waals surface area contributed by atoms with E-state index >= 15 is 0 Å². The normalized spacial score (nSPS) is 17.3. The molecule has 0 radical (unpaired) electrons. The zero-order chi connectivity index (χ0) is 16.8. The second-order valence-corrected chi connectivity index (χ2v) is 5.98. The molecule has 1 heterocycles. The van der Waals surface area contributed by atoms with Gasteiger partial charge in [-0.05, 0) is 30.2 Å². The number of rotatable bonds is 4. The molecule has 0 spiro atoms. The minimum Gasteiger partial charge on any atom is -0.371 e. The summed E-state index contributed by atoms with van der Waals surface area (Å²) >= 11 is 0. The highest BCUT2D eigenvalue weighted by atomic mass is 16.5. The molecule has 3 rings (SSSR count). The Bertz CT molecular complexity index is 662. The number of urea groups is 1. The van der Waals surface area contributed by atoms with Crippen molar-refractivity contribution in [3.63, 3.8) is 0 Å². The first-order valence-electron chi connectivity index (χ1n) is 8.23. The van der Waals surface area contributed by atoms with E-state index in [1.165, 1.54) is 5.56 Å². The summed E-state index contributed by atoms with van der Waals surface area (Å²) in [6.45, 7) is 5.00. The maximum absolute atomic E-state index is 12.0. The number of carbonyl (C=O) groups excluding carboxylic acids is 1. The van der Waals surface area contributed by atoms with Gasteiger partial charge in [-0.15, -0.1) is 0 Å². The summed E-state index contributed by atoms with van der Waals surface area (Å²) in [4.78, 5) is 12.0. The molecule has 2 aromatic rings. The Balaban J connectivity index is 1.49. The maximum Gasteiger partial charge on any atom is 0.319 e. The smallest absolute Gasteiger partial charge is 0.319 e. The molecule has 126 valence electrons. The Morgan fingerprint density at radius 1 is 1.17 bits per heavy atom. The van der Waals surface area contributed by atoms with Crippen molar-refractivity contribution >= 4 is 11.7 Å². The number of anilines is 1. The number of benzene rings is 2. The molecule has 1 aliphatic heterocycles. The van der Waals surface area contributed by atoms with Gasteiger partial charge in [-0.3, -0.25) is 0 Å². The maximum atomic E-state index is 12.0. The predicted octanol–water partition coefficient (Wildman–Crippen LogP) is 2.98. The van der Waals surface area contributed by atoms with Gasteiger partial charge in [0, 0.05) is 25.3 Å². The first-order valence-corrected chi connectivity index (χ1v) is 8.23. The van der Waals surface area contributed by atoms with Crippen molar-refractivity contribution in [1.29, 1.82) is 0 Å². The van der Waals surface area contributed by atoms with E-state index < -0.39 is 0 Å². The molecule has 2 aromatic carbocycles. The zero-order valence-corrected chi connectivity index (χ0v) is 13.8. The van der Waals surface area contributed by atoms with Crippen LogP contribution in [0.2, 0.25) is 0 Å². The average molecular weight is 325 g/mol. The molecule has 3 N–H and O–H groups in total. The van der Waals surface area contributed by atoms with E-state index in [0.717, 1.165) is 36.5 Å². The van der Waals surface area contributed by atoms with Gasteiger partial charge < -0.3 is 20.7 Å². The van der Waals surface area contributed by atoms with Crippen molar-refractivity contribution in [2.24, 2.45) is 0 Å². The lowest BCUT2D eigenvalue weighted by Gasteiger charge is -2.24. The van der Waals surface area contributed by atoms with Crippen LogP contribution in [-0.2, 0) is 11.3 Å². The monoisotopic (exact) mass is 325 g/mol. The van der Waals surface area contributed by atoms with Gasteiger partial charge in [0.25, 0.3) is 0 Å². The Kier molecular flexibility index (Phi) is 5.46. The van der Waals surface area contributed by atoms with Crippen molar-refractivity contribution in [1.82, 2.24) is 10.6 Å². The Labute approximate surface area is 142 Å². The highest BCUT2D eigenvalue weighted by Crippen LogP contribution is 2.20. The fraction of sp³-hybridized carbons (Fsp3) is 0.316. The third-order valence-electron chi connectivity index (χ3n) is 4.04. The molecule has 2 amide bonds. The summed E-state index contributed by atoms with van der Waals surface area (Å²) in [6.07, 6.45) is 0.0863. The predicted molar refractivity (Wildman–Crippen MR) is 95.0 cm³/mol. The summed E-state index contributed by atoms with van der Waals surface area (Å²) in [5, 5.41) is 9.02. The standard InChI is InChI=1S/C19H23N3O2/c1-14-2-4-15(5-3-14)12-21-19(23)22-17-8-6-16(7-9-17)18-13-20-10-11-24-18/h2-9,18,20H,10-13H2,1H3,(H2,21,22,23). The molecule has 0 aliphatic carbocycles. The molecule has 1 saturated heterocycles. The summed E-state index contributed by atoms with van der Waals surface area (Å²) in [7, 11) is 0. The van der Waals surface area contributed by atoms with Crippen LogP contribution >= 0.6 is 0 Å². The third-order valence-corrected chi connectivity index (χ3v) is 4.04. The van der Waals surface area contributed by atoms with Crippen LogP contribution in [0.15, 0.2) is 48.5 Å². The zero-order valence-electron chi connectivity index (χ0n) is 13.8. The summed E-state index contributed by atoms with van der Waals surface area (Å²) in [5.41, 5.74) is 4.17. The highest BCUT2D eigenvalue weighted by Gasteiger charge is 2.15. The fourth-order valence-corrected chi connectivity index (χ4v) is 2.62. The van der Waals surface area contributed by atoms with E-state index in [-0.39, 0.29) is 12.1 Å². The van der Waals surface area contributed by atoms with E-state index in [9.17, 15) is 4.79 Å². The molecule has 5 heteroatoms. The number of amides is 2. The van der Waals surface area contributed by atoms with Gasteiger partial charge in [0.2, 0.25) is 0 Å². The van der Waals surface area contributed by atoms with Gasteiger partial charge >= 0.3 is 6.03 Å². The van der Waals surface area contributed by atoms with Gasteiger partial charge in [-0.2, -0.15) is 0 Å². The van der Waals surface area contributed by atoms with Crippen LogP contribution in [0, 0.1) is 6.92 Å². The molecule has 1 fully saturated rings. The van der Waals surface area contributed by atoms with E-state index in [1.54, 1.807) is 0 Å². The molecule has 1 unspecified atom stereocenters. The Hall–Kier alpha value is -2.37. The van der Waals surface area contributed by atoms with Crippen LogP contribution in [0.3, 0.4) is 0 Å². The lowest BCUT2D eigenvalue weighted by molar-refractivity contribution is 0.0277. The van der Waals surface area contributed by atoms with Crippen molar-refractivity contribution < 1.29 is 9.53 Å². The lowest BCUT2D eigenvalue weighted by atomic mass is 10.1. The largest absolute Gasteiger partial charge is 0.371 e. The van der Waals surface area contributed by atoms with Crippen molar-refractivity contribution in [3.05, 3.63) is 65.2 Å². The topological polar surface area (TPSA) is 62.4 Å². The summed E-state index contributed by atoms with van der Waals surface area (Å²) in [6, 6.07) is 15.7. The third kappa shape index (κ3) is 4.57. The number of aryl methyl sites for hydroxylation is 1. The summed E-state index contributed by atoms with van der Waals surface area (Å²) in [5.74, 6) is 0. The molecular formula is C19H23N3O2. The molecular weight excluding hydrogens is 302 g/mol. The number of morpholine rings is 1. The number of ether oxygens (including phenoxy) is 1. The number of nitrogens with one attached hydrogen (secondary N) is 3. The second kappa shape index (κ2) is 7.95. The van der Waals surface area contributed by atoms with E-state index in [4.69, 9.17) is 4.74 Å². The van der Waals surface area contributed by atoms with E-state index in [2.05, 4.69) is 16.0 Å². The highest BCUT2D eigenvalue weighted by molar-refractivity contribution is 5.89. The minimum atomic E-state index is -0.209. The van der Waals surface area contributed by atoms with Crippen molar-refractivity contribution in [2.45, 2.75) is 19.6 Å². The number of hydrogen-bond acceptors (Lipinski definition) is 3. The van der Waals surface area contributed by atoms with Gasteiger partial charge in [0.1, 0.15) is 0 Å². The van der Waals surface area contributed by atoms with Gasteiger partial charge in [0.15, 0.2) is 0 Å². The average Bonchev–Trinajstić information content (AvgIpc) is 2.63. The molecule has 0 saturated carbocycles. The molecule has 1 aliphatic rings. The van der Waals surface area contributed by atoms with Gasteiger partial charge in [-0.1, -0.05) is 42.0 Å². The molecule has 0 bridgehead atoms. The number of carbonyl (C=O) groups is 1. The lowest BCUT2D eigenvalue weighted by Crippen LogP contribution is -2.33. The van der Waals surface area contributed by atoms with Crippen LogP contribution in [0.25, 0.3) is 0 Å². The Morgan fingerprint density at radius 2 is 1.92 bits per heavy atom. The van der Waals surface area contributed by atoms with Crippen LogP contribution in [0.5, 0.6) is 0 Å². The fourth-order valence-electron chi connectivity index (χ4n) is 2.62. The van der Waals surface area contributed by atoms with Crippen LogP contribution in [0.1, 0.15) is 22.8 Å². The van der Waals surface area contributed by atoms with Crippen molar-refractivity contribution in [2.75, 3.05) is 25.0 Å². The number of hydrogen-bond donors (Lipinski definition) is 3. The van der Waals surface area contributed by atoms with E-state index in [0.29, 0.717) is 6.54 Å². The SMILES string of the molecule is Cc1ccc(CNC(=O)Nc2ccc(C3CNCCO3)cc2)cc1. The molecule has 24 heavy (non-hydrogen) atoms.